The van der Waals surface area contributed by atoms with Crippen molar-refractivity contribution in [3.05, 3.63) is 34.6 Å². The average molecular weight is 267 g/mol. The van der Waals surface area contributed by atoms with Crippen molar-refractivity contribution in [3.8, 4) is 5.75 Å². The molecule has 1 heterocycles. The molecule has 1 aromatic heterocycles. The molecule has 0 fully saturated rings. The summed E-state index contributed by atoms with van der Waals surface area (Å²) in [6.07, 6.45) is 0. The fraction of sp³-hybridized carbons (Fsp3) is 0.200. The Bertz CT molecular complexity index is 581. The molecule has 2 aromatic rings. The summed E-state index contributed by atoms with van der Waals surface area (Å²) in [5.74, 6) is 0.706. The summed E-state index contributed by atoms with van der Waals surface area (Å²) in [6, 6.07) is 5.04. The molecule has 0 aliphatic heterocycles. The smallest absolute Gasteiger partial charge is 0.212 e. The van der Waals surface area contributed by atoms with Crippen LogP contribution in [0.4, 0.5) is 0 Å². The van der Waals surface area contributed by atoms with E-state index in [0.29, 0.717) is 22.2 Å². The Morgan fingerprint density at radius 2 is 2.33 bits per heavy atom. The van der Waals surface area contributed by atoms with Gasteiger partial charge in [0.2, 0.25) is 5.82 Å². The number of nitrogens with zero attached hydrogens (tertiary/aromatic N) is 4. The van der Waals surface area contributed by atoms with E-state index in [9.17, 15) is 0 Å². The molecule has 0 amide bonds. The van der Waals surface area contributed by atoms with Gasteiger partial charge in [-0.1, -0.05) is 17.7 Å². The highest BCUT2D eigenvalue weighted by Crippen LogP contribution is 2.26. The van der Waals surface area contributed by atoms with Crippen LogP contribution in [0, 0.1) is 5.41 Å². The average Bonchev–Trinajstić information content (AvgIpc) is 2.72. The number of ether oxygens (including phenoxy) is 1. The van der Waals surface area contributed by atoms with Crippen molar-refractivity contribution in [3.63, 3.8) is 0 Å². The number of tetrazole rings is 1. The summed E-state index contributed by atoms with van der Waals surface area (Å²) >= 11 is 5.96. The molecular weight excluding hydrogens is 256 g/mol. The lowest BCUT2D eigenvalue weighted by Crippen LogP contribution is -2.14. The number of hydrogen-bond acceptors (Lipinski definition) is 5. The molecule has 8 heteroatoms. The van der Waals surface area contributed by atoms with E-state index in [1.54, 1.807) is 25.2 Å². The highest BCUT2D eigenvalue weighted by Gasteiger charge is 2.12. The molecule has 0 spiro atoms. The first-order valence-corrected chi connectivity index (χ1v) is 5.44. The lowest BCUT2D eigenvalue weighted by Gasteiger charge is -2.10. The summed E-state index contributed by atoms with van der Waals surface area (Å²) in [7, 11) is 1.66. The van der Waals surface area contributed by atoms with Crippen LogP contribution >= 0.6 is 11.6 Å². The van der Waals surface area contributed by atoms with Crippen molar-refractivity contribution in [2.75, 3.05) is 0 Å². The topological polar surface area (TPSA) is 103 Å². The SMILES string of the molecule is Cn1nnc(COc2cccc(Cl)c2C(=N)N)n1. The molecule has 0 atom stereocenters. The van der Waals surface area contributed by atoms with E-state index in [2.05, 4.69) is 15.4 Å². The third-order valence-electron chi connectivity index (χ3n) is 2.15. The molecule has 0 bridgehead atoms. The summed E-state index contributed by atoms with van der Waals surface area (Å²) in [4.78, 5) is 1.34. The van der Waals surface area contributed by atoms with Crippen LogP contribution in [-0.4, -0.2) is 26.0 Å². The molecule has 0 saturated heterocycles. The lowest BCUT2D eigenvalue weighted by atomic mass is 10.2. The van der Waals surface area contributed by atoms with Gasteiger partial charge in [0.15, 0.2) is 6.61 Å². The summed E-state index contributed by atoms with van der Waals surface area (Å²) < 4.78 is 5.50. The molecule has 18 heavy (non-hydrogen) atoms. The first-order valence-electron chi connectivity index (χ1n) is 5.06. The van der Waals surface area contributed by atoms with Gasteiger partial charge in [-0.3, -0.25) is 5.41 Å². The monoisotopic (exact) mass is 266 g/mol. The van der Waals surface area contributed by atoms with Gasteiger partial charge in [-0.15, -0.1) is 10.2 Å². The van der Waals surface area contributed by atoms with E-state index in [-0.39, 0.29) is 12.4 Å². The minimum absolute atomic E-state index is 0.133. The maximum atomic E-state index is 7.47. The Kier molecular flexibility index (Phi) is 3.42. The van der Waals surface area contributed by atoms with Crippen LogP contribution in [0.15, 0.2) is 18.2 Å². The zero-order valence-corrected chi connectivity index (χ0v) is 10.3. The normalized spacial score (nSPS) is 10.3. The molecule has 3 N–H and O–H groups in total. The number of benzene rings is 1. The summed E-state index contributed by atoms with van der Waals surface area (Å²) in [6.45, 7) is 0.133. The number of hydrogen-bond donors (Lipinski definition) is 2. The van der Waals surface area contributed by atoms with Gasteiger partial charge in [0, 0.05) is 0 Å². The maximum Gasteiger partial charge on any atom is 0.212 e. The van der Waals surface area contributed by atoms with Crippen LogP contribution < -0.4 is 10.5 Å². The van der Waals surface area contributed by atoms with Gasteiger partial charge < -0.3 is 10.5 Å². The van der Waals surface area contributed by atoms with Gasteiger partial charge in [0.05, 0.1) is 17.6 Å². The van der Waals surface area contributed by atoms with Crippen LogP contribution in [0.2, 0.25) is 5.02 Å². The molecule has 2 rings (SSSR count). The zero-order valence-electron chi connectivity index (χ0n) is 9.59. The predicted octanol–water partition coefficient (Wildman–Crippen LogP) is 0.727. The van der Waals surface area contributed by atoms with E-state index in [4.69, 9.17) is 27.5 Å². The van der Waals surface area contributed by atoms with Crippen molar-refractivity contribution in [1.29, 1.82) is 5.41 Å². The quantitative estimate of drug-likeness (QED) is 0.627. The molecule has 94 valence electrons. The number of nitrogen functional groups attached to an aromatic ring is 1. The van der Waals surface area contributed by atoms with Crippen LogP contribution in [0.1, 0.15) is 11.4 Å². The number of halogens is 1. The number of nitrogens with one attached hydrogen (secondary N) is 1. The highest BCUT2D eigenvalue weighted by molar-refractivity contribution is 6.34. The molecule has 1 aromatic carbocycles. The fourth-order valence-corrected chi connectivity index (χ4v) is 1.68. The Morgan fingerprint density at radius 3 is 2.94 bits per heavy atom. The predicted molar refractivity (Wildman–Crippen MR) is 65.6 cm³/mol. The van der Waals surface area contributed by atoms with Crippen molar-refractivity contribution in [2.45, 2.75) is 6.61 Å². The zero-order chi connectivity index (χ0) is 13.1. The third-order valence-corrected chi connectivity index (χ3v) is 2.47. The van der Waals surface area contributed by atoms with Crippen LogP contribution in [0.3, 0.4) is 0 Å². The van der Waals surface area contributed by atoms with Gasteiger partial charge >= 0.3 is 0 Å². The van der Waals surface area contributed by atoms with Crippen LogP contribution in [-0.2, 0) is 13.7 Å². The van der Waals surface area contributed by atoms with E-state index >= 15 is 0 Å². The first kappa shape index (κ1) is 12.3. The van der Waals surface area contributed by atoms with Gasteiger partial charge in [-0.05, 0) is 17.3 Å². The van der Waals surface area contributed by atoms with Crippen LogP contribution in [0.25, 0.3) is 0 Å². The van der Waals surface area contributed by atoms with Crippen molar-refractivity contribution >= 4 is 17.4 Å². The number of rotatable bonds is 4. The van der Waals surface area contributed by atoms with Crippen molar-refractivity contribution < 1.29 is 4.74 Å². The Balaban J connectivity index is 2.19. The summed E-state index contributed by atoms with van der Waals surface area (Å²) in [5.41, 5.74) is 5.82. The number of amidine groups is 1. The number of aromatic nitrogens is 4. The second-order valence-corrected chi connectivity index (χ2v) is 3.92. The fourth-order valence-electron chi connectivity index (χ4n) is 1.41. The van der Waals surface area contributed by atoms with Gasteiger partial charge in [-0.25, -0.2) is 0 Å². The van der Waals surface area contributed by atoms with E-state index in [1.165, 1.54) is 4.80 Å². The molecule has 7 nitrogen and oxygen atoms in total. The van der Waals surface area contributed by atoms with Crippen molar-refractivity contribution in [1.82, 2.24) is 20.2 Å². The standard InChI is InChI=1S/C10H11ClN6O/c1-17-15-8(14-16-17)5-18-7-4-2-3-6(11)9(7)10(12)13/h2-4H,5H2,1H3,(H3,12,13). The Labute approximate surface area is 108 Å². The van der Waals surface area contributed by atoms with E-state index in [1.807, 2.05) is 0 Å². The Morgan fingerprint density at radius 1 is 1.56 bits per heavy atom. The largest absolute Gasteiger partial charge is 0.485 e. The minimum atomic E-state index is -0.150. The second kappa shape index (κ2) is 5.01. The maximum absolute atomic E-state index is 7.47. The molecule has 0 aliphatic carbocycles. The van der Waals surface area contributed by atoms with Crippen LogP contribution in [0.5, 0.6) is 5.75 Å². The Hall–Kier alpha value is -2.15. The van der Waals surface area contributed by atoms with Gasteiger partial charge in [0.1, 0.15) is 11.6 Å². The van der Waals surface area contributed by atoms with E-state index < -0.39 is 0 Å². The minimum Gasteiger partial charge on any atom is -0.485 e. The number of nitrogens with two attached hydrogens (primary N) is 1. The summed E-state index contributed by atoms with van der Waals surface area (Å²) in [5, 5.41) is 19.3. The van der Waals surface area contributed by atoms with Crippen molar-refractivity contribution in [2.24, 2.45) is 12.8 Å². The molecule has 0 unspecified atom stereocenters. The third kappa shape index (κ3) is 2.57. The van der Waals surface area contributed by atoms with E-state index in [0.717, 1.165) is 0 Å². The molecule has 0 aliphatic rings. The molecule has 0 saturated carbocycles. The molecule has 0 radical (unpaired) electrons. The first-order chi connectivity index (χ1) is 8.58. The lowest BCUT2D eigenvalue weighted by molar-refractivity contribution is 0.295. The van der Waals surface area contributed by atoms with Gasteiger partial charge in [-0.2, -0.15) is 4.80 Å². The number of aryl methyl sites for hydroxylation is 1. The van der Waals surface area contributed by atoms with Gasteiger partial charge in [0.25, 0.3) is 0 Å². The molecular formula is C10H11ClN6O. The second-order valence-electron chi connectivity index (χ2n) is 3.51. The highest BCUT2D eigenvalue weighted by atomic mass is 35.5.